The van der Waals surface area contributed by atoms with Crippen molar-refractivity contribution in [2.75, 3.05) is 6.54 Å². The molecule has 2 rings (SSSR count). The molecule has 0 spiro atoms. The zero-order valence-corrected chi connectivity index (χ0v) is 8.05. The molecule has 0 bridgehead atoms. The first-order chi connectivity index (χ1) is 6.42. The third-order valence-electron chi connectivity index (χ3n) is 2.68. The zero-order chi connectivity index (χ0) is 9.10. The number of piperidine rings is 1. The summed E-state index contributed by atoms with van der Waals surface area (Å²) in [7, 11) is 0. The van der Waals surface area contributed by atoms with Crippen LogP contribution in [0.25, 0.3) is 0 Å². The van der Waals surface area contributed by atoms with E-state index in [2.05, 4.69) is 17.4 Å². The van der Waals surface area contributed by atoms with Crippen LogP contribution in [0.3, 0.4) is 0 Å². The fraction of sp³-hybridized carbons (Fsp3) is 0.700. The number of nitrogens with one attached hydrogen (secondary N) is 1. The van der Waals surface area contributed by atoms with E-state index in [0.29, 0.717) is 6.04 Å². The molecule has 1 N–H and O–H groups in total. The van der Waals surface area contributed by atoms with E-state index in [0.717, 1.165) is 18.7 Å². The summed E-state index contributed by atoms with van der Waals surface area (Å²) in [6.07, 6.45) is 6.61. The Hall–Kier alpha value is -0.830. The number of nitrogens with zero attached hydrogens (tertiary/aromatic N) is 1. The van der Waals surface area contributed by atoms with Gasteiger partial charge >= 0.3 is 0 Å². The van der Waals surface area contributed by atoms with Crippen molar-refractivity contribution in [3.8, 4) is 0 Å². The van der Waals surface area contributed by atoms with Gasteiger partial charge in [-0.15, -0.1) is 0 Å². The third-order valence-corrected chi connectivity index (χ3v) is 2.68. The van der Waals surface area contributed by atoms with Crippen molar-refractivity contribution in [1.29, 1.82) is 0 Å². The van der Waals surface area contributed by atoms with E-state index < -0.39 is 0 Å². The molecule has 72 valence electrons. The highest BCUT2D eigenvalue weighted by Crippen LogP contribution is 2.25. The molecule has 0 radical (unpaired) electrons. The molecule has 3 nitrogen and oxygen atoms in total. The van der Waals surface area contributed by atoms with Crippen molar-refractivity contribution in [3.05, 3.63) is 17.5 Å². The first-order valence-electron chi connectivity index (χ1n) is 5.08. The van der Waals surface area contributed by atoms with Crippen LogP contribution in [0.2, 0.25) is 0 Å². The van der Waals surface area contributed by atoms with Crippen LogP contribution >= 0.6 is 0 Å². The summed E-state index contributed by atoms with van der Waals surface area (Å²) < 4.78 is 5.28. The largest absolute Gasteiger partial charge is 0.359 e. The Balaban J connectivity index is 2.13. The SMILES string of the molecule is CCc1cnoc1C1CCCCN1. The van der Waals surface area contributed by atoms with Gasteiger partial charge in [0.1, 0.15) is 0 Å². The Labute approximate surface area is 78.5 Å². The molecule has 1 aliphatic heterocycles. The summed E-state index contributed by atoms with van der Waals surface area (Å²) in [6.45, 7) is 3.24. The smallest absolute Gasteiger partial charge is 0.156 e. The Morgan fingerprint density at radius 1 is 1.62 bits per heavy atom. The molecule has 0 aliphatic carbocycles. The van der Waals surface area contributed by atoms with Crippen molar-refractivity contribution in [2.45, 2.75) is 38.6 Å². The number of rotatable bonds is 2. The molecular formula is C10H16N2O. The van der Waals surface area contributed by atoms with Crippen LogP contribution in [0.5, 0.6) is 0 Å². The van der Waals surface area contributed by atoms with Gasteiger partial charge in [-0.1, -0.05) is 18.5 Å². The standard InChI is InChI=1S/C10H16N2O/c1-2-8-7-12-13-10(8)9-5-3-4-6-11-9/h7,9,11H,2-6H2,1H3. The van der Waals surface area contributed by atoms with Crippen molar-refractivity contribution in [3.63, 3.8) is 0 Å². The molecule has 1 aromatic rings. The highest BCUT2D eigenvalue weighted by Gasteiger charge is 2.20. The molecule has 1 saturated heterocycles. The lowest BCUT2D eigenvalue weighted by Crippen LogP contribution is -2.27. The quantitative estimate of drug-likeness (QED) is 0.757. The van der Waals surface area contributed by atoms with Gasteiger partial charge in [-0.3, -0.25) is 0 Å². The van der Waals surface area contributed by atoms with E-state index in [9.17, 15) is 0 Å². The van der Waals surface area contributed by atoms with Crippen molar-refractivity contribution in [1.82, 2.24) is 10.5 Å². The van der Waals surface area contributed by atoms with E-state index in [4.69, 9.17) is 4.52 Å². The van der Waals surface area contributed by atoms with Crippen LogP contribution in [0.1, 0.15) is 43.6 Å². The Morgan fingerprint density at radius 3 is 3.23 bits per heavy atom. The maximum atomic E-state index is 5.28. The van der Waals surface area contributed by atoms with Crippen molar-refractivity contribution < 1.29 is 4.52 Å². The molecule has 1 fully saturated rings. The number of hydrogen-bond acceptors (Lipinski definition) is 3. The van der Waals surface area contributed by atoms with E-state index in [-0.39, 0.29) is 0 Å². The fourth-order valence-corrected chi connectivity index (χ4v) is 1.90. The molecule has 1 aromatic heterocycles. The highest BCUT2D eigenvalue weighted by molar-refractivity contribution is 5.17. The van der Waals surface area contributed by atoms with Gasteiger partial charge in [0.05, 0.1) is 12.2 Å². The average molecular weight is 180 g/mol. The van der Waals surface area contributed by atoms with E-state index in [1.807, 2.05) is 6.20 Å². The van der Waals surface area contributed by atoms with Crippen LogP contribution in [0.15, 0.2) is 10.7 Å². The number of aryl methyl sites for hydroxylation is 1. The molecule has 1 unspecified atom stereocenters. The van der Waals surface area contributed by atoms with Crippen LogP contribution in [0, 0.1) is 0 Å². The molecule has 2 heterocycles. The van der Waals surface area contributed by atoms with Gasteiger partial charge < -0.3 is 9.84 Å². The van der Waals surface area contributed by atoms with Gasteiger partial charge in [0.2, 0.25) is 0 Å². The molecule has 3 heteroatoms. The topological polar surface area (TPSA) is 38.1 Å². The molecular weight excluding hydrogens is 164 g/mol. The van der Waals surface area contributed by atoms with E-state index in [1.165, 1.54) is 24.8 Å². The second-order valence-electron chi connectivity index (χ2n) is 3.57. The monoisotopic (exact) mass is 180 g/mol. The second-order valence-corrected chi connectivity index (χ2v) is 3.57. The van der Waals surface area contributed by atoms with E-state index >= 15 is 0 Å². The molecule has 0 aromatic carbocycles. The first-order valence-corrected chi connectivity index (χ1v) is 5.08. The summed E-state index contributed by atoms with van der Waals surface area (Å²) >= 11 is 0. The normalized spacial score (nSPS) is 23.3. The van der Waals surface area contributed by atoms with Crippen molar-refractivity contribution >= 4 is 0 Å². The van der Waals surface area contributed by atoms with Crippen LogP contribution in [-0.2, 0) is 6.42 Å². The maximum Gasteiger partial charge on any atom is 0.156 e. The predicted molar refractivity (Wildman–Crippen MR) is 50.5 cm³/mol. The van der Waals surface area contributed by atoms with Gasteiger partial charge in [-0.05, 0) is 25.8 Å². The van der Waals surface area contributed by atoms with Crippen LogP contribution < -0.4 is 5.32 Å². The van der Waals surface area contributed by atoms with Crippen LogP contribution in [0.4, 0.5) is 0 Å². The van der Waals surface area contributed by atoms with Gasteiger partial charge in [-0.25, -0.2) is 0 Å². The van der Waals surface area contributed by atoms with Gasteiger partial charge in [0, 0.05) is 5.56 Å². The Kier molecular flexibility index (Phi) is 2.64. The fourth-order valence-electron chi connectivity index (χ4n) is 1.90. The number of aromatic nitrogens is 1. The molecule has 0 saturated carbocycles. The lowest BCUT2D eigenvalue weighted by molar-refractivity contribution is 0.303. The maximum absolute atomic E-state index is 5.28. The Bertz CT molecular complexity index is 264. The second kappa shape index (κ2) is 3.92. The predicted octanol–water partition coefficient (Wildman–Crippen LogP) is 2.05. The minimum absolute atomic E-state index is 0.409. The summed E-state index contributed by atoms with van der Waals surface area (Å²) in [5.74, 6) is 1.06. The number of hydrogen-bond donors (Lipinski definition) is 1. The summed E-state index contributed by atoms with van der Waals surface area (Å²) in [4.78, 5) is 0. The van der Waals surface area contributed by atoms with Gasteiger partial charge in [0.15, 0.2) is 5.76 Å². The summed E-state index contributed by atoms with van der Waals surface area (Å²) in [5.41, 5.74) is 1.25. The summed E-state index contributed by atoms with van der Waals surface area (Å²) in [5, 5.41) is 7.32. The first kappa shape index (κ1) is 8.75. The highest BCUT2D eigenvalue weighted by atomic mass is 16.5. The van der Waals surface area contributed by atoms with Crippen LogP contribution in [-0.4, -0.2) is 11.7 Å². The lowest BCUT2D eigenvalue weighted by atomic mass is 10.00. The van der Waals surface area contributed by atoms with Crippen molar-refractivity contribution in [2.24, 2.45) is 0 Å². The molecule has 1 atom stereocenters. The zero-order valence-electron chi connectivity index (χ0n) is 8.05. The average Bonchev–Trinajstić information content (AvgIpc) is 2.67. The molecule has 13 heavy (non-hydrogen) atoms. The molecule has 1 aliphatic rings. The lowest BCUT2D eigenvalue weighted by Gasteiger charge is -2.21. The minimum atomic E-state index is 0.409. The Morgan fingerprint density at radius 2 is 2.54 bits per heavy atom. The molecule has 0 amide bonds. The van der Waals surface area contributed by atoms with Gasteiger partial charge in [0.25, 0.3) is 0 Å². The third kappa shape index (κ3) is 1.75. The van der Waals surface area contributed by atoms with E-state index in [1.54, 1.807) is 0 Å². The van der Waals surface area contributed by atoms with Gasteiger partial charge in [-0.2, -0.15) is 0 Å². The summed E-state index contributed by atoms with van der Waals surface area (Å²) in [6, 6.07) is 0.409. The minimum Gasteiger partial charge on any atom is -0.359 e.